The molecule has 0 saturated carbocycles. The average molecular weight is 528 g/mol. The van der Waals surface area contributed by atoms with Crippen LogP contribution in [0.5, 0.6) is 5.75 Å². The maximum absolute atomic E-state index is 11.4. The molecular formula is C16H14Br2ClNO5S. The molecule has 2 aromatic rings. The van der Waals surface area contributed by atoms with Gasteiger partial charge in [0.15, 0.2) is 0 Å². The molecule has 0 aliphatic carbocycles. The van der Waals surface area contributed by atoms with Crippen molar-refractivity contribution in [1.29, 1.82) is 0 Å². The first-order chi connectivity index (χ1) is 12.1. The van der Waals surface area contributed by atoms with E-state index in [1.807, 2.05) is 0 Å². The molecule has 0 bridgehead atoms. The first kappa shape index (κ1) is 21.0. The van der Waals surface area contributed by atoms with Gasteiger partial charge in [0.1, 0.15) is 12.4 Å². The minimum absolute atomic E-state index is 0.0909. The molecule has 10 heteroatoms. The van der Waals surface area contributed by atoms with Crippen molar-refractivity contribution in [1.82, 2.24) is 0 Å². The largest absolute Gasteiger partial charge is 0.486 e. The predicted octanol–water partition coefficient (Wildman–Crippen LogP) is 4.44. The van der Waals surface area contributed by atoms with Crippen LogP contribution < -0.4 is 9.46 Å². The SMILES string of the molecule is CS(=O)(=O)Nc1cccc(COc2c(Br)cc(CC(=O)O)cc2Br)c1Cl. The molecule has 6 nitrogen and oxygen atoms in total. The van der Waals surface area contributed by atoms with E-state index in [9.17, 15) is 13.2 Å². The summed E-state index contributed by atoms with van der Waals surface area (Å²) in [6, 6.07) is 8.27. The molecule has 0 aromatic heterocycles. The summed E-state index contributed by atoms with van der Waals surface area (Å²) in [6.07, 6.45) is 0.932. The molecule has 0 aliphatic rings. The van der Waals surface area contributed by atoms with Crippen LogP contribution in [0.4, 0.5) is 5.69 Å². The maximum Gasteiger partial charge on any atom is 0.307 e. The van der Waals surface area contributed by atoms with Crippen molar-refractivity contribution in [3.63, 3.8) is 0 Å². The summed E-state index contributed by atoms with van der Waals surface area (Å²) in [5.74, 6) is -0.448. The quantitative estimate of drug-likeness (QED) is 0.555. The highest BCUT2D eigenvalue weighted by molar-refractivity contribution is 9.11. The second-order valence-corrected chi connectivity index (χ2v) is 9.24. The van der Waals surface area contributed by atoms with E-state index in [-0.39, 0.29) is 23.7 Å². The van der Waals surface area contributed by atoms with Gasteiger partial charge >= 0.3 is 5.97 Å². The van der Waals surface area contributed by atoms with Gasteiger partial charge in [0, 0.05) is 5.56 Å². The molecule has 26 heavy (non-hydrogen) atoms. The molecule has 0 amide bonds. The number of hydrogen-bond acceptors (Lipinski definition) is 4. The lowest BCUT2D eigenvalue weighted by Gasteiger charge is -2.14. The van der Waals surface area contributed by atoms with Crippen molar-refractivity contribution >= 4 is 65.1 Å². The molecule has 0 saturated heterocycles. The fourth-order valence-electron chi connectivity index (χ4n) is 2.15. The number of anilines is 1. The third kappa shape index (κ3) is 5.87. The van der Waals surface area contributed by atoms with Crippen LogP contribution in [0.3, 0.4) is 0 Å². The van der Waals surface area contributed by atoms with Gasteiger partial charge in [0.2, 0.25) is 10.0 Å². The Kier molecular flexibility index (Phi) is 6.95. The van der Waals surface area contributed by atoms with Gasteiger partial charge in [-0.05, 0) is 55.6 Å². The highest BCUT2D eigenvalue weighted by atomic mass is 79.9. The fourth-order valence-corrected chi connectivity index (χ4v) is 4.51. The second-order valence-electron chi connectivity index (χ2n) is 5.40. The highest BCUT2D eigenvalue weighted by Crippen LogP contribution is 2.36. The fraction of sp³-hybridized carbons (Fsp3) is 0.188. The third-order valence-corrected chi connectivity index (χ3v) is 5.37. The summed E-state index contributed by atoms with van der Waals surface area (Å²) in [7, 11) is -3.45. The summed E-state index contributed by atoms with van der Waals surface area (Å²) in [6.45, 7) is 0.0909. The molecule has 0 atom stereocenters. The monoisotopic (exact) mass is 525 g/mol. The number of hydrogen-bond donors (Lipinski definition) is 2. The molecule has 140 valence electrons. The van der Waals surface area contributed by atoms with Crippen LogP contribution in [0, 0.1) is 0 Å². The summed E-state index contributed by atoms with van der Waals surface area (Å²) < 4.78 is 32.1. The van der Waals surface area contributed by atoms with Crippen LogP contribution in [0.25, 0.3) is 0 Å². The van der Waals surface area contributed by atoms with Gasteiger partial charge in [-0.3, -0.25) is 9.52 Å². The number of aliphatic carboxylic acids is 1. The second kappa shape index (κ2) is 8.60. The number of rotatable bonds is 7. The average Bonchev–Trinajstić information content (AvgIpc) is 2.47. The zero-order valence-electron chi connectivity index (χ0n) is 13.4. The number of sulfonamides is 1. The van der Waals surface area contributed by atoms with Crippen LogP contribution in [0.1, 0.15) is 11.1 Å². The summed E-state index contributed by atoms with van der Waals surface area (Å²) in [4.78, 5) is 10.8. The molecule has 0 unspecified atom stereocenters. The number of benzene rings is 2. The van der Waals surface area contributed by atoms with Crippen LogP contribution in [0.15, 0.2) is 39.3 Å². The number of nitrogens with one attached hydrogen (secondary N) is 1. The van der Waals surface area contributed by atoms with Gasteiger partial charge in [0.05, 0.1) is 32.3 Å². The maximum atomic E-state index is 11.4. The van der Waals surface area contributed by atoms with Crippen molar-refractivity contribution < 1.29 is 23.1 Å². The summed E-state index contributed by atoms with van der Waals surface area (Å²) >= 11 is 13.0. The van der Waals surface area contributed by atoms with E-state index in [1.54, 1.807) is 30.3 Å². The zero-order chi connectivity index (χ0) is 19.5. The van der Waals surface area contributed by atoms with Gasteiger partial charge in [0.25, 0.3) is 0 Å². The lowest BCUT2D eigenvalue weighted by molar-refractivity contribution is -0.136. The molecule has 0 fully saturated rings. The lowest BCUT2D eigenvalue weighted by atomic mass is 10.1. The van der Waals surface area contributed by atoms with E-state index in [4.69, 9.17) is 21.4 Å². The Morgan fingerprint density at radius 1 is 1.27 bits per heavy atom. The summed E-state index contributed by atoms with van der Waals surface area (Å²) in [5.41, 5.74) is 1.47. The molecule has 0 spiro atoms. The van der Waals surface area contributed by atoms with Crippen molar-refractivity contribution in [3.05, 3.63) is 55.4 Å². The Morgan fingerprint density at radius 3 is 2.42 bits per heavy atom. The topological polar surface area (TPSA) is 92.7 Å². The van der Waals surface area contributed by atoms with Gasteiger partial charge in [-0.15, -0.1) is 0 Å². The highest BCUT2D eigenvalue weighted by Gasteiger charge is 2.14. The first-order valence-corrected chi connectivity index (χ1v) is 11.0. The number of carbonyl (C=O) groups is 1. The zero-order valence-corrected chi connectivity index (χ0v) is 18.2. The third-order valence-electron chi connectivity index (χ3n) is 3.16. The first-order valence-electron chi connectivity index (χ1n) is 7.14. The standard InChI is InChI=1S/C16H14Br2ClNO5S/c1-26(23,24)20-13-4-2-3-10(15(13)19)8-25-16-11(17)5-9(6-12(16)18)7-14(21)22/h2-6,20H,7-8H2,1H3,(H,21,22). The Balaban J connectivity index is 2.21. The Hall–Kier alpha value is -1.29. The Bertz CT molecular complexity index is 927. The van der Waals surface area contributed by atoms with E-state index in [1.165, 1.54) is 0 Å². The van der Waals surface area contributed by atoms with Gasteiger partial charge < -0.3 is 9.84 Å². The van der Waals surface area contributed by atoms with Crippen LogP contribution in [-0.2, 0) is 27.8 Å². The number of ether oxygens (including phenoxy) is 1. The van der Waals surface area contributed by atoms with E-state index in [0.29, 0.717) is 25.8 Å². The van der Waals surface area contributed by atoms with Crippen LogP contribution in [0.2, 0.25) is 5.02 Å². The summed E-state index contributed by atoms with van der Waals surface area (Å²) in [5, 5.41) is 9.13. The van der Waals surface area contributed by atoms with Gasteiger partial charge in [-0.2, -0.15) is 0 Å². The van der Waals surface area contributed by atoms with E-state index >= 15 is 0 Å². The minimum atomic E-state index is -3.45. The molecular weight excluding hydrogens is 514 g/mol. The minimum Gasteiger partial charge on any atom is -0.486 e. The van der Waals surface area contributed by atoms with Crippen LogP contribution in [-0.4, -0.2) is 25.7 Å². The molecule has 0 heterocycles. The Morgan fingerprint density at radius 2 is 1.88 bits per heavy atom. The van der Waals surface area contributed by atoms with Gasteiger partial charge in [-0.1, -0.05) is 23.7 Å². The van der Waals surface area contributed by atoms with Crippen LogP contribution >= 0.6 is 43.5 Å². The van der Waals surface area contributed by atoms with Crippen molar-refractivity contribution in [2.24, 2.45) is 0 Å². The number of carboxylic acid groups (broad SMARTS) is 1. The predicted molar refractivity (Wildman–Crippen MR) is 107 cm³/mol. The van der Waals surface area contributed by atoms with Gasteiger partial charge in [-0.25, -0.2) is 8.42 Å². The van der Waals surface area contributed by atoms with Crippen molar-refractivity contribution in [2.45, 2.75) is 13.0 Å². The lowest BCUT2D eigenvalue weighted by Crippen LogP contribution is -2.10. The van der Waals surface area contributed by atoms with E-state index in [2.05, 4.69) is 36.6 Å². The van der Waals surface area contributed by atoms with E-state index in [0.717, 1.165) is 6.26 Å². The van der Waals surface area contributed by atoms with Crippen molar-refractivity contribution in [3.8, 4) is 5.75 Å². The molecule has 2 aromatic carbocycles. The van der Waals surface area contributed by atoms with Crippen molar-refractivity contribution in [2.75, 3.05) is 11.0 Å². The Labute approximate surface area is 172 Å². The molecule has 2 N–H and O–H groups in total. The molecule has 0 aliphatic heterocycles. The number of halogens is 3. The molecule has 2 rings (SSSR count). The number of carboxylic acids is 1. The van der Waals surface area contributed by atoms with E-state index < -0.39 is 16.0 Å². The normalized spacial score (nSPS) is 11.2. The smallest absolute Gasteiger partial charge is 0.307 e. The molecule has 0 radical (unpaired) electrons.